The minimum Gasteiger partial charge on any atom is -0.339 e. The van der Waals surface area contributed by atoms with Crippen molar-refractivity contribution in [1.82, 2.24) is 19.4 Å². The molecule has 4 heterocycles. The van der Waals surface area contributed by atoms with E-state index in [1.165, 1.54) is 17.4 Å². The van der Waals surface area contributed by atoms with E-state index in [2.05, 4.69) is 4.98 Å². The van der Waals surface area contributed by atoms with E-state index in [4.69, 9.17) is 0 Å². The Morgan fingerprint density at radius 1 is 0.889 bits per heavy atom. The normalized spacial score (nSPS) is 16.9. The first-order valence-electron chi connectivity index (χ1n) is 12.0. The number of nitrogens with zero attached hydrogens (tertiary/aromatic N) is 4. The lowest BCUT2D eigenvalue weighted by atomic mass is 9.79. The third-order valence-corrected chi connectivity index (χ3v) is 8.19. The van der Waals surface area contributed by atoms with Crippen LogP contribution in [0.15, 0.2) is 60.2 Å². The van der Waals surface area contributed by atoms with Crippen molar-refractivity contribution in [3.63, 3.8) is 0 Å². The van der Waals surface area contributed by atoms with Crippen molar-refractivity contribution >= 4 is 34.1 Å². The number of halogens is 2. The number of likely N-dealkylation sites (tertiary alicyclic amines) is 2. The highest BCUT2D eigenvalue weighted by molar-refractivity contribution is 7.11. The molecule has 2 aliphatic rings. The van der Waals surface area contributed by atoms with Crippen LogP contribution in [0.25, 0.3) is 16.6 Å². The van der Waals surface area contributed by atoms with Crippen LogP contribution < -0.4 is 0 Å². The Labute approximate surface area is 210 Å². The second-order valence-corrected chi connectivity index (χ2v) is 10.4. The quantitative estimate of drug-likeness (QED) is 0.392. The Morgan fingerprint density at radius 3 is 2.42 bits per heavy atom. The Morgan fingerprint density at radius 2 is 1.69 bits per heavy atom. The molecule has 2 amide bonds. The maximum atomic E-state index is 13.7. The van der Waals surface area contributed by atoms with Crippen molar-refractivity contribution in [3.8, 4) is 5.69 Å². The van der Waals surface area contributed by atoms with Gasteiger partial charge in [0.25, 0.3) is 11.8 Å². The molecule has 9 heteroatoms. The highest BCUT2D eigenvalue weighted by Crippen LogP contribution is 2.33. The molecule has 0 bridgehead atoms. The van der Waals surface area contributed by atoms with Gasteiger partial charge in [0.05, 0.1) is 5.52 Å². The minimum atomic E-state index is -0.898. The molecule has 0 aliphatic carbocycles. The maximum absolute atomic E-state index is 13.7. The van der Waals surface area contributed by atoms with Crippen LogP contribution in [0.3, 0.4) is 0 Å². The van der Waals surface area contributed by atoms with Gasteiger partial charge in [0, 0.05) is 66.7 Å². The Kier molecular flexibility index (Phi) is 5.79. The molecule has 2 aliphatic heterocycles. The number of fused-ring (bicyclic) bond motifs is 1. The van der Waals surface area contributed by atoms with Gasteiger partial charge in [-0.1, -0.05) is 0 Å². The summed E-state index contributed by atoms with van der Waals surface area (Å²) in [6.07, 6.45) is 5.31. The number of piperidine rings is 1. The van der Waals surface area contributed by atoms with Gasteiger partial charge in [0.15, 0.2) is 16.6 Å². The number of rotatable bonds is 4. The van der Waals surface area contributed by atoms with Gasteiger partial charge in [-0.15, -0.1) is 11.3 Å². The largest absolute Gasteiger partial charge is 0.339 e. The molecule has 6 rings (SSSR count). The summed E-state index contributed by atoms with van der Waals surface area (Å²) in [6, 6.07) is 11.2. The van der Waals surface area contributed by atoms with Crippen LogP contribution in [0.2, 0.25) is 0 Å². The number of amides is 2. The molecule has 4 aromatic rings. The van der Waals surface area contributed by atoms with E-state index in [9.17, 15) is 18.4 Å². The van der Waals surface area contributed by atoms with Crippen LogP contribution >= 0.6 is 11.3 Å². The zero-order chi connectivity index (χ0) is 24.8. The molecule has 36 heavy (non-hydrogen) atoms. The minimum absolute atomic E-state index is 0.00473. The fourth-order valence-corrected chi connectivity index (χ4v) is 5.94. The van der Waals surface area contributed by atoms with Crippen LogP contribution in [0.1, 0.15) is 33.0 Å². The number of hydrogen-bond donors (Lipinski definition) is 0. The number of aromatic nitrogens is 2. The van der Waals surface area contributed by atoms with Gasteiger partial charge in [-0.2, -0.15) is 0 Å². The SMILES string of the molecule is O=C(c1ccc2c(ccn2-c2ccc(F)c(F)c2)c1)N1CCC(C2CN(C(=O)c3nccs3)C2)CC1. The summed E-state index contributed by atoms with van der Waals surface area (Å²) < 4.78 is 28.8. The third kappa shape index (κ3) is 4.07. The Bertz CT molecular complexity index is 1440. The van der Waals surface area contributed by atoms with Crippen LogP contribution in [-0.2, 0) is 0 Å². The summed E-state index contributed by atoms with van der Waals surface area (Å²) in [5.41, 5.74) is 1.96. The standard InChI is InChI=1S/C27H24F2N4O2S/c28-22-3-2-21(14-23(22)29)33-11-7-18-13-19(1-4-24(18)33)26(34)31-9-5-17(6-10-31)20-15-32(16-20)27(35)25-30-8-12-36-25/h1-4,7-8,11-14,17,20H,5-6,9-10,15-16H2. The van der Waals surface area contributed by atoms with Crippen LogP contribution in [0.5, 0.6) is 0 Å². The second-order valence-electron chi connectivity index (χ2n) is 9.49. The van der Waals surface area contributed by atoms with Crippen molar-refractivity contribution in [2.45, 2.75) is 12.8 Å². The summed E-state index contributed by atoms with van der Waals surface area (Å²) in [4.78, 5) is 33.5. The number of carbonyl (C=O) groups is 2. The fourth-order valence-electron chi connectivity index (χ4n) is 5.33. The van der Waals surface area contributed by atoms with Crippen LogP contribution in [0, 0.1) is 23.5 Å². The van der Waals surface area contributed by atoms with Crippen molar-refractivity contribution in [2.75, 3.05) is 26.2 Å². The molecule has 2 fully saturated rings. The summed E-state index contributed by atoms with van der Waals surface area (Å²) in [7, 11) is 0. The fraction of sp³-hybridized carbons (Fsp3) is 0.296. The summed E-state index contributed by atoms with van der Waals surface area (Å²) in [5.74, 6) is -0.760. The smallest absolute Gasteiger partial charge is 0.282 e. The van der Waals surface area contributed by atoms with Crippen LogP contribution in [0.4, 0.5) is 8.78 Å². The van der Waals surface area contributed by atoms with E-state index >= 15 is 0 Å². The molecule has 2 aromatic heterocycles. The highest BCUT2D eigenvalue weighted by atomic mass is 32.1. The summed E-state index contributed by atoms with van der Waals surface area (Å²) >= 11 is 1.37. The van der Waals surface area contributed by atoms with E-state index in [1.54, 1.807) is 23.0 Å². The zero-order valence-corrected chi connectivity index (χ0v) is 20.3. The van der Waals surface area contributed by atoms with E-state index in [0.29, 0.717) is 41.2 Å². The molecule has 6 nitrogen and oxygen atoms in total. The number of thiazole rings is 1. The lowest BCUT2D eigenvalue weighted by Gasteiger charge is -2.45. The van der Waals surface area contributed by atoms with Gasteiger partial charge >= 0.3 is 0 Å². The van der Waals surface area contributed by atoms with Crippen molar-refractivity contribution < 1.29 is 18.4 Å². The molecular weight excluding hydrogens is 482 g/mol. The number of hydrogen-bond acceptors (Lipinski definition) is 4. The monoisotopic (exact) mass is 506 g/mol. The van der Waals surface area contributed by atoms with E-state index in [1.807, 2.05) is 33.4 Å². The summed E-state index contributed by atoms with van der Waals surface area (Å²) in [5, 5.41) is 3.22. The molecule has 0 spiro atoms. The zero-order valence-electron chi connectivity index (χ0n) is 19.4. The molecule has 184 valence electrons. The van der Waals surface area contributed by atoms with Gasteiger partial charge in [0.1, 0.15) is 0 Å². The van der Waals surface area contributed by atoms with E-state index in [0.717, 1.165) is 49.0 Å². The third-order valence-electron chi connectivity index (χ3n) is 7.42. The number of carbonyl (C=O) groups excluding carboxylic acids is 2. The molecule has 0 N–H and O–H groups in total. The second kappa shape index (κ2) is 9.13. The number of benzene rings is 2. The van der Waals surface area contributed by atoms with Gasteiger partial charge in [-0.05, 0) is 61.1 Å². The molecule has 2 aromatic carbocycles. The summed E-state index contributed by atoms with van der Waals surface area (Å²) in [6.45, 7) is 2.94. The molecule has 0 radical (unpaired) electrons. The maximum Gasteiger partial charge on any atom is 0.282 e. The van der Waals surface area contributed by atoms with Crippen molar-refractivity contribution in [3.05, 3.63) is 82.4 Å². The lowest BCUT2D eigenvalue weighted by Crippen LogP contribution is -2.54. The first kappa shape index (κ1) is 22.8. The van der Waals surface area contributed by atoms with Gasteiger partial charge in [-0.25, -0.2) is 13.8 Å². The average molecular weight is 507 g/mol. The van der Waals surface area contributed by atoms with E-state index in [-0.39, 0.29) is 11.8 Å². The molecular formula is C27H24F2N4O2S. The Balaban J connectivity index is 1.08. The highest BCUT2D eigenvalue weighted by Gasteiger charge is 2.38. The topological polar surface area (TPSA) is 58.4 Å². The van der Waals surface area contributed by atoms with Crippen molar-refractivity contribution in [2.24, 2.45) is 11.8 Å². The molecule has 0 atom stereocenters. The predicted molar refractivity (Wildman–Crippen MR) is 133 cm³/mol. The predicted octanol–water partition coefficient (Wildman–Crippen LogP) is 4.99. The van der Waals surface area contributed by atoms with E-state index < -0.39 is 11.6 Å². The first-order valence-corrected chi connectivity index (χ1v) is 12.9. The Hall–Kier alpha value is -3.59. The van der Waals surface area contributed by atoms with Gasteiger partial charge in [-0.3, -0.25) is 9.59 Å². The molecule has 0 saturated carbocycles. The van der Waals surface area contributed by atoms with Gasteiger partial charge in [0.2, 0.25) is 0 Å². The molecule has 2 saturated heterocycles. The molecule has 0 unspecified atom stereocenters. The average Bonchev–Trinajstić information content (AvgIpc) is 3.55. The van der Waals surface area contributed by atoms with Crippen molar-refractivity contribution in [1.29, 1.82) is 0 Å². The first-order chi connectivity index (χ1) is 17.5. The van der Waals surface area contributed by atoms with Gasteiger partial charge < -0.3 is 14.4 Å². The lowest BCUT2D eigenvalue weighted by molar-refractivity contribution is 0.0228. The van der Waals surface area contributed by atoms with Crippen LogP contribution in [-0.4, -0.2) is 57.3 Å².